The van der Waals surface area contributed by atoms with Gasteiger partial charge < -0.3 is 9.47 Å². The number of rotatable bonds is 4. The molecule has 6 nitrogen and oxygen atoms in total. The minimum absolute atomic E-state index is 0.290. The molecule has 0 fully saturated rings. The van der Waals surface area contributed by atoms with Crippen molar-refractivity contribution in [3.8, 4) is 17.2 Å². The molecular formula is C15H12N4O2S. The first-order chi connectivity index (χ1) is 10.9. The van der Waals surface area contributed by atoms with Crippen molar-refractivity contribution in [3.63, 3.8) is 0 Å². The zero-order valence-electron chi connectivity index (χ0n) is 11.5. The Labute approximate surface area is 131 Å². The molecule has 0 saturated heterocycles. The van der Waals surface area contributed by atoms with Crippen molar-refractivity contribution in [1.82, 2.24) is 20.2 Å². The highest BCUT2D eigenvalue weighted by atomic mass is 32.2. The number of hydrogen-bond acceptors (Lipinski definition) is 6. The maximum absolute atomic E-state index is 5.39. The first-order valence-electron chi connectivity index (χ1n) is 6.75. The van der Waals surface area contributed by atoms with E-state index in [4.69, 9.17) is 9.47 Å². The molecule has 0 N–H and O–H groups in total. The summed E-state index contributed by atoms with van der Waals surface area (Å²) in [7, 11) is 0. The van der Waals surface area contributed by atoms with Gasteiger partial charge in [0.2, 0.25) is 11.9 Å². The largest absolute Gasteiger partial charge is 0.454 e. The van der Waals surface area contributed by atoms with Crippen LogP contribution in [-0.2, 0) is 5.75 Å². The van der Waals surface area contributed by atoms with Crippen molar-refractivity contribution in [2.24, 2.45) is 0 Å². The standard InChI is InChI=1S/C15H12N4O2S/c1-2-4-12(5-3-1)19-15(16-17-18-19)22-9-11-6-7-13-14(8-11)21-10-20-13/h1-8H,9-10H2. The topological polar surface area (TPSA) is 62.1 Å². The second kappa shape index (κ2) is 5.69. The van der Waals surface area contributed by atoms with E-state index in [9.17, 15) is 0 Å². The van der Waals surface area contributed by atoms with Crippen molar-refractivity contribution in [2.45, 2.75) is 10.9 Å². The Morgan fingerprint density at radius 2 is 1.91 bits per heavy atom. The summed E-state index contributed by atoms with van der Waals surface area (Å²) in [5.41, 5.74) is 2.08. The number of benzene rings is 2. The van der Waals surface area contributed by atoms with Gasteiger partial charge in [0, 0.05) is 5.75 Å². The lowest BCUT2D eigenvalue weighted by molar-refractivity contribution is 0.174. The third-order valence-corrected chi connectivity index (χ3v) is 4.24. The van der Waals surface area contributed by atoms with Gasteiger partial charge in [0.05, 0.1) is 5.69 Å². The van der Waals surface area contributed by atoms with E-state index in [0.717, 1.165) is 33.7 Å². The number of nitrogens with zero attached hydrogens (tertiary/aromatic N) is 4. The number of ether oxygens (including phenoxy) is 2. The Morgan fingerprint density at radius 1 is 1.05 bits per heavy atom. The molecule has 110 valence electrons. The number of fused-ring (bicyclic) bond motifs is 1. The fourth-order valence-corrected chi connectivity index (χ4v) is 3.01. The second-order valence-electron chi connectivity index (χ2n) is 4.69. The Kier molecular flexibility index (Phi) is 3.40. The van der Waals surface area contributed by atoms with Gasteiger partial charge in [0.15, 0.2) is 11.5 Å². The predicted octanol–water partition coefficient (Wildman–Crippen LogP) is 2.68. The Bertz CT molecular complexity index is 791. The van der Waals surface area contributed by atoms with Gasteiger partial charge in [-0.2, -0.15) is 4.68 Å². The molecule has 1 aliphatic rings. The molecule has 0 saturated carbocycles. The van der Waals surface area contributed by atoms with Crippen LogP contribution in [0.25, 0.3) is 5.69 Å². The number of tetrazole rings is 1. The number of para-hydroxylation sites is 1. The van der Waals surface area contributed by atoms with Crippen molar-refractivity contribution in [1.29, 1.82) is 0 Å². The van der Waals surface area contributed by atoms with E-state index in [0.29, 0.717) is 0 Å². The first-order valence-corrected chi connectivity index (χ1v) is 7.74. The highest BCUT2D eigenvalue weighted by Crippen LogP contribution is 2.34. The average molecular weight is 312 g/mol. The van der Waals surface area contributed by atoms with E-state index < -0.39 is 0 Å². The molecule has 0 unspecified atom stereocenters. The van der Waals surface area contributed by atoms with Crippen LogP contribution in [0.4, 0.5) is 0 Å². The van der Waals surface area contributed by atoms with Gasteiger partial charge in [-0.25, -0.2) is 0 Å². The normalized spacial score (nSPS) is 12.5. The monoisotopic (exact) mass is 312 g/mol. The molecular weight excluding hydrogens is 300 g/mol. The van der Waals surface area contributed by atoms with E-state index >= 15 is 0 Å². The van der Waals surface area contributed by atoms with Gasteiger partial charge in [0.1, 0.15) is 0 Å². The molecule has 1 aliphatic heterocycles. The molecule has 1 aromatic heterocycles. The van der Waals surface area contributed by atoms with Crippen molar-refractivity contribution in [3.05, 3.63) is 54.1 Å². The van der Waals surface area contributed by atoms with Gasteiger partial charge in [0.25, 0.3) is 0 Å². The molecule has 4 rings (SSSR count). The molecule has 22 heavy (non-hydrogen) atoms. The Balaban J connectivity index is 1.52. The number of aromatic nitrogens is 4. The minimum atomic E-state index is 0.290. The van der Waals surface area contributed by atoms with E-state index in [2.05, 4.69) is 15.5 Å². The summed E-state index contributed by atoms with van der Waals surface area (Å²) in [6, 6.07) is 15.8. The molecule has 0 amide bonds. The fraction of sp³-hybridized carbons (Fsp3) is 0.133. The second-order valence-corrected chi connectivity index (χ2v) is 5.63. The van der Waals surface area contributed by atoms with Crippen LogP contribution in [0.1, 0.15) is 5.56 Å². The van der Waals surface area contributed by atoms with Gasteiger partial charge in [-0.1, -0.05) is 36.0 Å². The van der Waals surface area contributed by atoms with Gasteiger partial charge in [-0.3, -0.25) is 0 Å². The molecule has 2 heterocycles. The maximum atomic E-state index is 5.39. The summed E-state index contributed by atoms with van der Waals surface area (Å²) in [5.74, 6) is 2.34. The lowest BCUT2D eigenvalue weighted by Gasteiger charge is -2.04. The summed E-state index contributed by atoms with van der Waals surface area (Å²) in [6.07, 6.45) is 0. The van der Waals surface area contributed by atoms with Crippen molar-refractivity contribution in [2.75, 3.05) is 6.79 Å². The highest BCUT2D eigenvalue weighted by Gasteiger charge is 2.14. The number of hydrogen-bond donors (Lipinski definition) is 0. The Hall–Kier alpha value is -2.54. The SMILES string of the molecule is c1ccc(-n2nnnc2SCc2ccc3c(c2)OCO3)cc1. The van der Waals surface area contributed by atoms with Crippen LogP contribution in [0.3, 0.4) is 0 Å². The molecule has 2 aromatic carbocycles. The Morgan fingerprint density at radius 3 is 2.82 bits per heavy atom. The number of thioether (sulfide) groups is 1. The summed E-state index contributed by atoms with van der Waals surface area (Å²) >= 11 is 1.58. The van der Waals surface area contributed by atoms with Crippen LogP contribution in [0.2, 0.25) is 0 Å². The molecule has 0 bridgehead atoms. The van der Waals surface area contributed by atoms with Gasteiger partial charge in [-0.05, 0) is 40.3 Å². The molecule has 0 radical (unpaired) electrons. The lowest BCUT2D eigenvalue weighted by Crippen LogP contribution is -1.98. The predicted molar refractivity (Wildman–Crippen MR) is 81.3 cm³/mol. The van der Waals surface area contributed by atoms with Crippen LogP contribution in [0.15, 0.2) is 53.7 Å². The molecule has 3 aromatic rings. The zero-order chi connectivity index (χ0) is 14.8. The van der Waals surface area contributed by atoms with Crippen LogP contribution in [0.5, 0.6) is 11.5 Å². The zero-order valence-corrected chi connectivity index (χ0v) is 12.4. The fourth-order valence-electron chi connectivity index (χ4n) is 2.18. The first kappa shape index (κ1) is 13.1. The van der Waals surface area contributed by atoms with Crippen LogP contribution in [0, 0.1) is 0 Å². The van der Waals surface area contributed by atoms with E-state index in [1.54, 1.807) is 16.4 Å². The quantitative estimate of drug-likeness (QED) is 0.690. The van der Waals surface area contributed by atoms with E-state index in [1.807, 2.05) is 48.5 Å². The van der Waals surface area contributed by atoms with Crippen molar-refractivity contribution >= 4 is 11.8 Å². The van der Waals surface area contributed by atoms with Crippen LogP contribution >= 0.6 is 11.8 Å². The molecule has 7 heteroatoms. The van der Waals surface area contributed by atoms with E-state index in [1.165, 1.54) is 0 Å². The molecule has 0 atom stereocenters. The van der Waals surface area contributed by atoms with Crippen LogP contribution < -0.4 is 9.47 Å². The third kappa shape index (κ3) is 2.50. The van der Waals surface area contributed by atoms with Gasteiger partial charge in [-0.15, -0.1) is 5.10 Å². The molecule has 0 spiro atoms. The summed E-state index contributed by atoms with van der Waals surface area (Å²) < 4.78 is 12.4. The summed E-state index contributed by atoms with van der Waals surface area (Å²) in [5, 5.41) is 12.7. The lowest BCUT2D eigenvalue weighted by atomic mass is 10.2. The maximum Gasteiger partial charge on any atom is 0.231 e. The average Bonchev–Trinajstić information content (AvgIpc) is 3.22. The van der Waals surface area contributed by atoms with Gasteiger partial charge >= 0.3 is 0 Å². The van der Waals surface area contributed by atoms with Crippen molar-refractivity contribution < 1.29 is 9.47 Å². The smallest absolute Gasteiger partial charge is 0.231 e. The third-order valence-electron chi connectivity index (χ3n) is 3.25. The summed E-state index contributed by atoms with van der Waals surface area (Å²) in [6.45, 7) is 0.290. The highest BCUT2D eigenvalue weighted by molar-refractivity contribution is 7.98. The minimum Gasteiger partial charge on any atom is -0.454 e. The van der Waals surface area contributed by atoms with E-state index in [-0.39, 0.29) is 6.79 Å². The van der Waals surface area contributed by atoms with Crippen LogP contribution in [-0.4, -0.2) is 27.0 Å². The summed E-state index contributed by atoms with van der Waals surface area (Å²) in [4.78, 5) is 0. The molecule has 0 aliphatic carbocycles.